The molecule has 17 heavy (non-hydrogen) atoms. The van der Waals surface area contributed by atoms with Crippen molar-refractivity contribution in [3.8, 4) is 5.75 Å². The van der Waals surface area contributed by atoms with E-state index in [4.69, 9.17) is 0 Å². The van der Waals surface area contributed by atoms with Crippen LogP contribution in [0.15, 0.2) is 41.3 Å². The monoisotopic (exact) mass is 257 g/mol. The molecule has 0 aliphatic heterocycles. The molecule has 6 heteroatoms. The maximum absolute atomic E-state index is 12.2. The van der Waals surface area contributed by atoms with Crippen molar-refractivity contribution in [3.63, 3.8) is 0 Å². The SMILES string of the molecule is Oc1ccc(SC[B-](F)(F)F)c2ccccc12. The van der Waals surface area contributed by atoms with Crippen molar-refractivity contribution < 1.29 is 18.1 Å². The molecule has 0 spiro atoms. The highest BCUT2D eigenvalue weighted by atomic mass is 32.2. The van der Waals surface area contributed by atoms with Gasteiger partial charge in [0.25, 0.3) is 0 Å². The van der Waals surface area contributed by atoms with Crippen LogP contribution in [0.1, 0.15) is 0 Å². The molecule has 0 saturated carbocycles. The molecule has 2 aromatic rings. The molecular formula is C11H9BF3OS-. The average molecular weight is 257 g/mol. The summed E-state index contributed by atoms with van der Waals surface area (Å²) in [5, 5.41) is 10.8. The zero-order chi connectivity index (χ0) is 12.5. The van der Waals surface area contributed by atoms with Gasteiger partial charge in [0.1, 0.15) is 5.75 Å². The summed E-state index contributed by atoms with van der Waals surface area (Å²) in [6, 6.07) is 9.82. The van der Waals surface area contributed by atoms with Crippen LogP contribution in [0.25, 0.3) is 10.8 Å². The lowest BCUT2D eigenvalue weighted by Gasteiger charge is -2.14. The highest BCUT2D eigenvalue weighted by molar-refractivity contribution is 8.01. The fourth-order valence-electron chi connectivity index (χ4n) is 1.57. The second-order valence-corrected chi connectivity index (χ2v) is 4.71. The minimum Gasteiger partial charge on any atom is -0.507 e. The highest BCUT2D eigenvalue weighted by Gasteiger charge is 2.23. The Hall–Kier alpha value is -1.30. The number of hydrogen-bond acceptors (Lipinski definition) is 2. The predicted molar refractivity (Wildman–Crippen MR) is 65.4 cm³/mol. The van der Waals surface area contributed by atoms with E-state index in [1.807, 2.05) is 0 Å². The van der Waals surface area contributed by atoms with Gasteiger partial charge in [0.05, 0.1) is 0 Å². The third-order valence-electron chi connectivity index (χ3n) is 2.29. The van der Waals surface area contributed by atoms with Crippen LogP contribution in [0.3, 0.4) is 0 Å². The van der Waals surface area contributed by atoms with E-state index in [0.717, 1.165) is 11.8 Å². The molecule has 0 atom stereocenters. The van der Waals surface area contributed by atoms with Crippen molar-refractivity contribution >= 4 is 29.5 Å². The van der Waals surface area contributed by atoms with E-state index in [0.29, 0.717) is 15.7 Å². The molecule has 0 saturated heterocycles. The van der Waals surface area contributed by atoms with Gasteiger partial charge in [0.2, 0.25) is 0 Å². The van der Waals surface area contributed by atoms with E-state index >= 15 is 0 Å². The van der Waals surface area contributed by atoms with Gasteiger partial charge in [-0.1, -0.05) is 24.3 Å². The lowest BCUT2D eigenvalue weighted by molar-refractivity contribution is 0.481. The Morgan fingerprint density at radius 3 is 2.29 bits per heavy atom. The Kier molecular flexibility index (Phi) is 3.24. The number of aromatic hydroxyl groups is 1. The Morgan fingerprint density at radius 2 is 1.65 bits per heavy atom. The number of rotatable bonds is 3. The van der Waals surface area contributed by atoms with Crippen LogP contribution in [0.4, 0.5) is 12.9 Å². The Bertz CT molecular complexity index is 542. The predicted octanol–water partition coefficient (Wildman–Crippen LogP) is 4.02. The van der Waals surface area contributed by atoms with E-state index in [-0.39, 0.29) is 5.75 Å². The van der Waals surface area contributed by atoms with Crippen LogP contribution in [0, 0.1) is 0 Å². The zero-order valence-corrected chi connectivity index (χ0v) is 9.55. The lowest BCUT2D eigenvalue weighted by Crippen LogP contribution is -2.18. The molecular weight excluding hydrogens is 248 g/mol. The molecule has 2 rings (SSSR count). The lowest BCUT2D eigenvalue weighted by atomic mass is 9.98. The largest absolute Gasteiger partial charge is 0.507 e. The molecule has 0 bridgehead atoms. The fourth-order valence-corrected chi connectivity index (χ4v) is 2.43. The van der Waals surface area contributed by atoms with Crippen molar-refractivity contribution in [1.29, 1.82) is 0 Å². The molecule has 2 aromatic carbocycles. The number of phenols is 1. The third kappa shape index (κ3) is 2.88. The van der Waals surface area contributed by atoms with Crippen molar-refractivity contribution in [2.75, 3.05) is 5.65 Å². The summed E-state index contributed by atoms with van der Waals surface area (Å²) in [6.45, 7) is -4.80. The summed E-state index contributed by atoms with van der Waals surface area (Å²) < 4.78 is 36.6. The van der Waals surface area contributed by atoms with Gasteiger partial charge in [0.15, 0.2) is 0 Å². The minimum absolute atomic E-state index is 0.0856. The van der Waals surface area contributed by atoms with Crippen molar-refractivity contribution in [1.82, 2.24) is 0 Å². The van der Waals surface area contributed by atoms with E-state index in [9.17, 15) is 18.1 Å². The summed E-state index contributed by atoms with van der Waals surface area (Å²) in [5.74, 6) is 0.0856. The summed E-state index contributed by atoms with van der Waals surface area (Å²) in [6.07, 6.45) is 0. The smallest absolute Gasteiger partial charge is 0.488 e. The van der Waals surface area contributed by atoms with Crippen LogP contribution < -0.4 is 0 Å². The third-order valence-corrected chi connectivity index (χ3v) is 3.50. The second-order valence-electron chi connectivity index (χ2n) is 3.65. The number of benzene rings is 2. The van der Waals surface area contributed by atoms with Gasteiger partial charge < -0.3 is 18.1 Å². The molecule has 0 aliphatic carbocycles. The Morgan fingerprint density at radius 1 is 1.00 bits per heavy atom. The first-order chi connectivity index (χ1) is 7.97. The van der Waals surface area contributed by atoms with Gasteiger partial charge in [-0.05, 0) is 23.2 Å². The average Bonchev–Trinajstić information content (AvgIpc) is 2.27. The molecule has 0 fully saturated rings. The van der Waals surface area contributed by atoms with Gasteiger partial charge in [0, 0.05) is 10.3 Å². The van der Waals surface area contributed by atoms with E-state index in [2.05, 4.69) is 0 Å². The van der Waals surface area contributed by atoms with Gasteiger partial charge in [-0.3, -0.25) is 0 Å². The first kappa shape index (κ1) is 12.2. The second kappa shape index (κ2) is 4.53. The topological polar surface area (TPSA) is 20.2 Å². The zero-order valence-electron chi connectivity index (χ0n) is 8.74. The standard InChI is InChI=1S/C11H9BF3OS/c13-12(14,15)7-17-11-6-5-10(16)8-3-1-2-4-9(8)11/h1-6,16H,7H2/q-1. The van der Waals surface area contributed by atoms with Crippen LogP contribution in [-0.2, 0) is 0 Å². The Labute approximate surface area is 101 Å². The van der Waals surface area contributed by atoms with Gasteiger partial charge in [-0.25, -0.2) is 0 Å². The van der Waals surface area contributed by atoms with Crippen LogP contribution in [0.2, 0.25) is 0 Å². The molecule has 0 aromatic heterocycles. The van der Waals surface area contributed by atoms with E-state index < -0.39 is 12.6 Å². The molecule has 1 nitrogen and oxygen atoms in total. The van der Waals surface area contributed by atoms with Gasteiger partial charge in [-0.15, -0.1) is 0 Å². The summed E-state index contributed by atoms with van der Waals surface area (Å²) in [5.41, 5.74) is -0.866. The number of phenolic OH excluding ortho intramolecular Hbond substituents is 1. The first-order valence-corrected chi connectivity index (χ1v) is 6.00. The summed E-state index contributed by atoms with van der Waals surface area (Å²) in [4.78, 5) is 0.539. The van der Waals surface area contributed by atoms with Gasteiger partial charge in [-0.2, -0.15) is 11.8 Å². The molecule has 90 valence electrons. The summed E-state index contributed by atoms with van der Waals surface area (Å²) in [7, 11) is 0. The number of halogens is 3. The highest BCUT2D eigenvalue weighted by Crippen LogP contribution is 2.34. The number of fused-ring (bicyclic) bond motifs is 1. The van der Waals surface area contributed by atoms with Crippen molar-refractivity contribution in [2.45, 2.75) is 4.90 Å². The molecule has 0 unspecified atom stereocenters. The fraction of sp³-hybridized carbons (Fsp3) is 0.0909. The molecule has 0 amide bonds. The van der Waals surface area contributed by atoms with E-state index in [1.54, 1.807) is 24.3 Å². The minimum atomic E-state index is -4.80. The maximum Gasteiger partial charge on any atom is 0.488 e. The molecule has 0 aliphatic rings. The van der Waals surface area contributed by atoms with Crippen LogP contribution in [-0.4, -0.2) is 17.7 Å². The first-order valence-electron chi connectivity index (χ1n) is 5.02. The van der Waals surface area contributed by atoms with E-state index in [1.165, 1.54) is 12.1 Å². The van der Waals surface area contributed by atoms with Crippen molar-refractivity contribution in [3.05, 3.63) is 36.4 Å². The quantitative estimate of drug-likeness (QED) is 0.661. The van der Waals surface area contributed by atoms with Crippen molar-refractivity contribution in [2.24, 2.45) is 0 Å². The Balaban J connectivity index is 2.38. The molecule has 1 N–H and O–H groups in total. The van der Waals surface area contributed by atoms with Crippen LogP contribution in [0.5, 0.6) is 5.75 Å². The van der Waals surface area contributed by atoms with Gasteiger partial charge >= 0.3 is 6.98 Å². The molecule has 0 radical (unpaired) electrons. The van der Waals surface area contributed by atoms with Crippen LogP contribution >= 0.6 is 11.8 Å². The normalized spacial score (nSPS) is 11.9. The molecule has 0 heterocycles. The number of thioether (sulfide) groups is 1. The number of hydrogen-bond donors (Lipinski definition) is 1. The summed E-state index contributed by atoms with van der Waals surface area (Å²) >= 11 is 0.757. The maximum atomic E-state index is 12.2.